The lowest BCUT2D eigenvalue weighted by Crippen LogP contribution is -2.31. The van der Waals surface area contributed by atoms with Gasteiger partial charge in [0.2, 0.25) is 5.91 Å². The molecular weight excluding hydrogens is 331 g/mol. The molecule has 124 valence electrons. The third kappa shape index (κ3) is 4.99. The average Bonchev–Trinajstić information content (AvgIpc) is 2.89. The molecule has 1 aromatic carbocycles. The van der Waals surface area contributed by atoms with Gasteiger partial charge in [0.1, 0.15) is 0 Å². The zero-order valence-corrected chi connectivity index (χ0v) is 13.0. The van der Waals surface area contributed by atoms with E-state index in [1.807, 2.05) is 0 Å². The summed E-state index contributed by atoms with van der Waals surface area (Å²) in [5.74, 6) is -0.661. The van der Waals surface area contributed by atoms with E-state index in [0.717, 1.165) is 12.1 Å². The first-order valence-corrected chi connectivity index (χ1v) is 7.25. The molecule has 23 heavy (non-hydrogen) atoms. The maximum absolute atomic E-state index is 12.6. The monoisotopic (exact) mass is 345 g/mol. The fourth-order valence-electron chi connectivity index (χ4n) is 2.02. The SMILES string of the molecule is CC(Cn1cc(Cl)cn1)C(=O)NCc1cccc(C(F)(F)F)c1. The molecule has 2 aromatic rings. The second kappa shape index (κ2) is 7.04. The van der Waals surface area contributed by atoms with E-state index in [9.17, 15) is 18.0 Å². The van der Waals surface area contributed by atoms with Crippen LogP contribution in [-0.2, 0) is 24.1 Å². The van der Waals surface area contributed by atoms with Gasteiger partial charge in [-0.05, 0) is 17.7 Å². The Balaban J connectivity index is 1.91. The first kappa shape index (κ1) is 17.3. The number of nitrogens with zero attached hydrogens (tertiary/aromatic N) is 2. The van der Waals surface area contributed by atoms with Crippen molar-refractivity contribution in [3.8, 4) is 0 Å². The highest BCUT2D eigenvalue weighted by atomic mass is 35.5. The van der Waals surface area contributed by atoms with Gasteiger partial charge in [0.15, 0.2) is 0 Å². The quantitative estimate of drug-likeness (QED) is 0.901. The minimum absolute atomic E-state index is 0.0347. The molecule has 2 rings (SSSR count). The van der Waals surface area contributed by atoms with E-state index in [1.54, 1.807) is 13.1 Å². The Morgan fingerprint density at radius 2 is 2.17 bits per heavy atom. The van der Waals surface area contributed by atoms with Crippen molar-refractivity contribution in [2.24, 2.45) is 5.92 Å². The Bertz CT molecular complexity index is 685. The molecule has 0 bridgehead atoms. The lowest BCUT2D eigenvalue weighted by molar-refractivity contribution is -0.137. The number of nitrogens with one attached hydrogen (secondary N) is 1. The highest BCUT2D eigenvalue weighted by Crippen LogP contribution is 2.29. The van der Waals surface area contributed by atoms with Crippen molar-refractivity contribution in [1.82, 2.24) is 15.1 Å². The van der Waals surface area contributed by atoms with Crippen molar-refractivity contribution in [3.63, 3.8) is 0 Å². The smallest absolute Gasteiger partial charge is 0.352 e. The van der Waals surface area contributed by atoms with E-state index in [0.29, 0.717) is 17.1 Å². The maximum Gasteiger partial charge on any atom is 0.416 e. The van der Waals surface area contributed by atoms with Gasteiger partial charge in [-0.25, -0.2) is 0 Å². The molecule has 1 aromatic heterocycles. The zero-order chi connectivity index (χ0) is 17.0. The molecule has 0 saturated heterocycles. The summed E-state index contributed by atoms with van der Waals surface area (Å²) in [5, 5.41) is 7.07. The molecule has 1 heterocycles. The van der Waals surface area contributed by atoms with E-state index in [2.05, 4.69) is 10.4 Å². The molecule has 4 nitrogen and oxygen atoms in total. The maximum atomic E-state index is 12.6. The van der Waals surface area contributed by atoms with E-state index in [4.69, 9.17) is 11.6 Å². The largest absolute Gasteiger partial charge is 0.416 e. The highest BCUT2D eigenvalue weighted by molar-refractivity contribution is 6.30. The van der Waals surface area contributed by atoms with E-state index < -0.39 is 17.7 Å². The molecule has 8 heteroatoms. The lowest BCUT2D eigenvalue weighted by Gasteiger charge is -2.13. The first-order valence-electron chi connectivity index (χ1n) is 6.87. The molecule has 1 unspecified atom stereocenters. The van der Waals surface area contributed by atoms with Crippen LogP contribution in [0.1, 0.15) is 18.1 Å². The number of hydrogen-bond donors (Lipinski definition) is 1. The van der Waals surface area contributed by atoms with Crippen molar-refractivity contribution in [3.05, 3.63) is 52.8 Å². The van der Waals surface area contributed by atoms with Gasteiger partial charge in [-0.1, -0.05) is 30.7 Å². The molecule has 0 radical (unpaired) electrons. The van der Waals surface area contributed by atoms with Crippen LogP contribution in [-0.4, -0.2) is 15.7 Å². The van der Waals surface area contributed by atoms with Crippen molar-refractivity contribution in [2.75, 3.05) is 0 Å². The summed E-state index contributed by atoms with van der Waals surface area (Å²) in [7, 11) is 0. The summed E-state index contributed by atoms with van der Waals surface area (Å²) in [6.07, 6.45) is -1.33. The van der Waals surface area contributed by atoms with Gasteiger partial charge in [-0.15, -0.1) is 0 Å². The Hall–Kier alpha value is -2.02. The van der Waals surface area contributed by atoms with Crippen LogP contribution in [0.25, 0.3) is 0 Å². The predicted octanol–water partition coefficient (Wildman–Crippen LogP) is 3.51. The van der Waals surface area contributed by atoms with Crippen LogP contribution in [0.3, 0.4) is 0 Å². The molecular formula is C15H15ClF3N3O. The minimum atomic E-state index is -4.40. The molecule has 0 saturated carbocycles. The second-order valence-corrected chi connectivity index (χ2v) is 5.63. The number of carbonyl (C=O) groups is 1. The first-order chi connectivity index (χ1) is 10.8. The number of aromatic nitrogens is 2. The molecule has 0 aliphatic heterocycles. The summed E-state index contributed by atoms with van der Waals surface area (Å²) in [6.45, 7) is 2.07. The number of hydrogen-bond acceptors (Lipinski definition) is 2. The fourth-order valence-corrected chi connectivity index (χ4v) is 2.18. The third-order valence-electron chi connectivity index (χ3n) is 3.23. The van der Waals surface area contributed by atoms with Gasteiger partial charge in [0, 0.05) is 12.7 Å². The Kier molecular flexibility index (Phi) is 5.30. The van der Waals surface area contributed by atoms with Crippen LogP contribution in [0.5, 0.6) is 0 Å². The van der Waals surface area contributed by atoms with Crippen LogP contribution >= 0.6 is 11.6 Å². The molecule has 1 N–H and O–H groups in total. The number of carbonyl (C=O) groups excluding carboxylic acids is 1. The van der Waals surface area contributed by atoms with Crippen molar-refractivity contribution in [1.29, 1.82) is 0 Å². The van der Waals surface area contributed by atoms with Crippen molar-refractivity contribution >= 4 is 17.5 Å². The third-order valence-corrected chi connectivity index (χ3v) is 3.43. The lowest BCUT2D eigenvalue weighted by atomic mass is 10.1. The predicted molar refractivity (Wildman–Crippen MR) is 79.7 cm³/mol. The van der Waals surface area contributed by atoms with E-state index in [-0.39, 0.29) is 12.5 Å². The van der Waals surface area contributed by atoms with Gasteiger partial charge in [0.05, 0.1) is 29.2 Å². The summed E-state index contributed by atoms with van der Waals surface area (Å²) in [6, 6.07) is 4.88. The van der Waals surface area contributed by atoms with E-state index in [1.165, 1.54) is 23.0 Å². The van der Waals surface area contributed by atoms with E-state index >= 15 is 0 Å². The van der Waals surface area contributed by atoms with Crippen LogP contribution < -0.4 is 5.32 Å². The highest BCUT2D eigenvalue weighted by Gasteiger charge is 2.30. The van der Waals surface area contributed by atoms with Gasteiger partial charge < -0.3 is 5.32 Å². The molecule has 0 spiro atoms. The fraction of sp³-hybridized carbons (Fsp3) is 0.333. The normalized spacial score (nSPS) is 12.9. The Morgan fingerprint density at radius 3 is 2.78 bits per heavy atom. The summed E-state index contributed by atoms with van der Waals surface area (Å²) in [4.78, 5) is 12.0. The van der Waals surface area contributed by atoms with Gasteiger partial charge in [0.25, 0.3) is 0 Å². The Morgan fingerprint density at radius 1 is 1.43 bits per heavy atom. The van der Waals surface area contributed by atoms with Crippen LogP contribution in [0, 0.1) is 5.92 Å². The van der Waals surface area contributed by atoms with Crippen LogP contribution in [0.4, 0.5) is 13.2 Å². The number of amides is 1. The average molecular weight is 346 g/mol. The van der Waals surface area contributed by atoms with Gasteiger partial charge in [-0.3, -0.25) is 9.48 Å². The molecule has 0 aliphatic rings. The van der Waals surface area contributed by atoms with Gasteiger partial charge in [-0.2, -0.15) is 18.3 Å². The topological polar surface area (TPSA) is 46.9 Å². The number of alkyl halides is 3. The second-order valence-electron chi connectivity index (χ2n) is 5.20. The zero-order valence-electron chi connectivity index (χ0n) is 12.3. The number of benzene rings is 1. The molecule has 1 amide bonds. The summed E-state index contributed by atoms with van der Waals surface area (Å²) in [5.41, 5.74) is -0.342. The van der Waals surface area contributed by atoms with Crippen molar-refractivity contribution in [2.45, 2.75) is 26.2 Å². The standard InChI is InChI=1S/C15H15ClF3N3O/c1-10(8-22-9-13(16)7-21-22)14(23)20-6-11-3-2-4-12(5-11)15(17,18)19/h2-5,7,9-10H,6,8H2,1H3,(H,20,23). The van der Waals surface area contributed by atoms with Crippen LogP contribution in [0.15, 0.2) is 36.7 Å². The summed E-state index contributed by atoms with van der Waals surface area (Å²) >= 11 is 5.74. The van der Waals surface area contributed by atoms with Crippen LogP contribution in [0.2, 0.25) is 5.02 Å². The number of rotatable bonds is 5. The molecule has 1 atom stereocenters. The molecule has 0 fully saturated rings. The Labute approximate surface area is 136 Å². The number of halogens is 4. The minimum Gasteiger partial charge on any atom is -0.352 e. The van der Waals surface area contributed by atoms with Crippen molar-refractivity contribution < 1.29 is 18.0 Å². The summed E-state index contributed by atoms with van der Waals surface area (Å²) < 4.78 is 39.4. The van der Waals surface area contributed by atoms with Gasteiger partial charge >= 0.3 is 6.18 Å². The molecule has 0 aliphatic carbocycles.